The molecule has 3 aromatic rings. The minimum absolute atomic E-state index is 0.212. The van der Waals surface area contributed by atoms with Gasteiger partial charge in [-0.05, 0) is 23.9 Å². The molecule has 0 aliphatic heterocycles. The zero-order valence-corrected chi connectivity index (χ0v) is 15.1. The fraction of sp³-hybridized carbons (Fsp3) is 0.400. The standard InChI is InChI=1S/C15H19N7OS/c1-9(2)11-16-13(21(3)4)18-14(17-11)24-15-20-19-12(22(15)5)10-7-6-8-23-10/h6-9H,1-5H3. The van der Waals surface area contributed by atoms with Crippen LogP contribution in [0.2, 0.25) is 0 Å². The first-order valence-electron chi connectivity index (χ1n) is 7.50. The molecule has 0 bridgehead atoms. The second-order valence-electron chi connectivity index (χ2n) is 5.77. The maximum absolute atomic E-state index is 5.38. The first kappa shape index (κ1) is 16.4. The van der Waals surface area contributed by atoms with Crippen molar-refractivity contribution in [2.45, 2.75) is 30.1 Å². The molecule has 126 valence electrons. The van der Waals surface area contributed by atoms with Gasteiger partial charge in [0.05, 0.1) is 6.26 Å². The summed E-state index contributed by atoms with van der Waals surface area (Å²) in [6.07, 6.45) is 1.61. The summed E-state index contributed by atoms with van der Waals surface area (Å²) in [5.41, 5.74) is 0. The Balaban J connectivity index is 1.94. The van der Waals surface area contributed by atoms with E-state index in [4.69, 9.17) is 4.42 Å². The van der Waals surface area contributed by atoms with Crippen LogP contribution in [0.4, 0.5) is 5.95 Å². The van der Waals surface area contributed by atoms with Crippen LogP contribution in [0.3, 0.4) is 0 Å². The first-order valence-corrected chi connectivity index (χ1v) is 8.31. The molecule has 0 N–H and O–H groups in total. The molecule has 0 radical (unpaired) electrons. The number of anilines is 1. The summed E-state index contributed by atoms with van der Waals surface area (Å²) in [6, 6.07) is 3.67. The van der Waals surface area contributed by atoms with Crippen LogP contribution in [0.5, 0.6) is 0 Å². The molecule has 0 amide bonds. The lowest BCUT2D eigenvalue weighted by Gasteiger charge is -2.13. The van der Waals surface area contributed by atoms with Crippen molar-refractivity contribution in [1.29, 1.82) is 0 Å². The predicted molar refractivity (Wildman–Crippen MR) is 91.1 cm³/mol. The summed E-state index contributed by atoms with van der Waals surface area (Å²) in [4.78, 5) is 15.4. The molecule has 3 heterocycles. The summed E-state index contributed by atoms with van der Waals surface area (Å²) in [7, 11) is 5.70. The van der Waals surface area contributed by atoms with E-state index in [1.807, 2.05) is 42.7 Å². The molecule has 0 aromatic carbocycles. The monoisotopic (exact) mass is 345 g/mol. The molecule has 9 heteroatoms. The smallest absolute Gasteiger partial charge is 0.229 e. The van der Waals surface area contributed by atoms with Gasteiger partial charge in [0.15, 0.2) is 16.7 Å². The average molecular weight is 345 g/mol. The fourth-order valence-corrected chi connectivity index (χ4v) is 2.71. The summed E-state index contributed by atoms with van der Waals surface area (Å²) >= 11 is 1.35. The van der Waals surface area contributed by atoms with Gasteiger partial charge in [-0.15, -0.1) is 10.2 Å². The molecule has 24 heavy (non-hydrogen) atoms. The third kappa shape index (κ3) is 3.25. The number of rotatable bonds is 5. The topological polar surface area (TPSA) is 85.8 Å². The van der Waals surface area contributed by atoms with Crippen LogP contribution in [-0.2, 0) is 7.05 Å². The molecule has 0 aliphatic rings. The van der Waals surface area contributed by atoms with Crippen LogP contribution in [-0.4, -0.2) is 43.8 Å². The second-order valence-corrected chi connectivity index (χ2v) is 6.70. The third-order valence-electron chi connectivity index (χ3n) is 3.30. The van der Waals surface area contributed by atoms with Crippen molar-refractivity contribution < 1.29 is 4.42 Å². The lowest BCUT2D eigenvalue weighted by molar-refractivity contribution is 0.572. The Hall–Kier alpha value is -2.42. The van der Waals surface area contributed by atoms with Crippen LogP contribution in [0.1, 0.15) is 25.6 Å². The van der Waals surface area contributed by atoms with Gasteiger partial charge >= 0.3 is 0 Å². The Morgan fingerprint density at radius 1 is 1.17 bits per heavy atom. The molecule has 3 aromatic heterocycles. The molecule has 0 saturated heterocycles. The van der Waals surface area contributed by atoms with E-state index in [-0.39, 0.29) is 5.92 Å². The van der Waals surface area contributed by atoms with E-state index in [2.05, 4.69) is 39.0 Å². The third-order valence-corrected chi connectivity index (χ3v) is 4.20. The van der Waals surface area contributed by atoms with Crippen molar-refractivity contribution >= 4 is 17.7 Å². The van der Waals surface area contributed by atoms with Crippen molar-refractivity contribution in [2.24, 2.45) is 7.05 Å². The largest absolute Gasteiger partial charge is 0.461 e. The molecular weight excluding hydrogens is 326 g/mol. The molecule has 0 atom stereocenters. The average Bonchev–Trinajstić information content (AvgIpc) is 3.18. The van der Waals surface area contributed by atoms with Crippen LogP contribution >= 0.6 is 11.8 Å². The summed E-state index contributed by atoms with van der Waals surface area (Å²) in [5.74, 6) is 2.93. The highest BCUT2D eigenvalue weighted by Gasteiger charge is 2.17. The van der Waals surface area contributed by atoms with Gasteiger partial charge in [0.25, 0.3) is 0 Å². The lowest BCUT2D eigenvalue weighted by atomic mass is 10.2. The maximum Gasteiger partial charge on any atom is 0.229 e. The molecule has 0 aliphatic carbocycles. The maximum atomic E-state index is 5.38. The fourth-order valence-electron chi connectivity index (χ4n) is 1.97. The number of hydrogen-bond donors (Lipinski definition) is 0. The van der Waals surface area contributed by atoms with E-state index in [1.54, 1.807) is 6.26 Å². The Morgan fingerprint density at radius 2 is 1.96 bits per heavy atom. The SMILES string of the molecule is CC(C)c1nc(Sc2nnc(-c3ccco3)n2C)nc(N(C)C)n1. The van der Waals surface area contributed by atoms with Crippen molar-refractivity contribution in [2.75, 3.05) is 19.0 Å². The summed E-state index contributed by atoms with van der Waals surface area (Å²) < 4.78 is 7.24. The molecule has 3 rings (SSSR count). The highest BCUT2D eigenvalue weighted by atomic mass is 32.2. The van der Waals surface area contributed by atoms with E-state index in [1.165, 1.54) is 11.8 Å². The Bertz CT molecular complexity index is 800. The zero-order chi connectivity index (χ0) is 17.3. The second kappa shape index (κ2) is 6.60. The van der Waals surface area contributed by atoms with Crippen molar-refractivity contribution in [3.63, 3.8) is 0 Å². The molecule has 0 spiro atoms. The number of nitrogens with zero attached hydrogens (tertiary/aromatic N) is 7. The van der Waals surface area contributed by atoms with Gasteiger partial charge in [0.1, 0.15) is 5.82 Å². The Labute approximate surface area is 144 Å². The van der Waals surface area contributed by atoms with Crippen LogP contribution in [0, 0.1) is 0 Å². The number of furan rings is 1. The normalized spacial score (nSPS) is 11.2. The number of aromatic nitrogens is 6. The van der Waals surface area contributed by atoms with Crippen molar-refractivity contribution in [3.05, 3.63) is 24.2 Å². The highest BCUT2D eigenvalue weighted by molar-refractivity contribution is 7.99. The van der Waals surface area contributed by atoms with Gasteiger partial charge in [-0.3, -0.25) is 0 Å². The highest BCUT2D eigenvalue weighted by Crippen LogP contribution is 2.28. The van der Waals surface area contributed by atoms with Gasteiger partial charge in [-0.1, -0.05) is 13.8 Å². The van der Waals surface area contributed by atoms with Gasteiger partial charge in [0, 0.05) is 27.1 Å². The van der Waals surface area contributed by atoms with Gasteiger partial charge in [-0.2, -0.15) is 9.97 Å². The summed E-state index contributed by atoms with van der Waals surface area (Å²) in [6.45, 7) is 4.11. The molecule has 0 fully saturated rings. The molecule has 0 unspecified atom stereocenters. The van der Waals surface area contributed by atoms with Crippen molar-refractivity contribution in [3.8, 4) is 11.6 Å². The van der Waals surface area contributed by atoms with Crippen LogP contribution in [0.15, 0.2) is 33.1 Å². The van der Waals surface area contributed by atoms with E-state index >= 15 is 0 Å². The van der Waals surface area contributed by atoms with Gasteiger partial charge in [-0.25, -0.2) is 4.98 Å². The molecule has 0 saturated carbocycles. The lowest BCUT2D eigenvalue weighted by Crippen LogP contribution is -2.15. The zero-order valence-electron chi connectivity index (χ0n) is 14.3. The quantitative estimate of drug-likeness (QED) is 0.697. The van der Waals surface area contributed by atoms with Crippen LogP contribution < -0.4 is 4.90 Å². The van der Waals surface area contributed by atoms with E-state index < -0.39 is 0 Å². The molecular formula is C15H19N7OS. The van der Waals surface area contributed by atoms with Crippen LogP contribution in [0.25, 0.3) is 11.6 Å². The van der Waals surface area contributed by atoms with Gasteiger partial charge in [0.2, 0.25) is 11.1 Å². The Morgan fingerprint density at radius 3 is 2.58 bits per heavy atom. The van der Waals surface area contributed by atoms with E-state index in [0.717, 1.165) is 5.82 Å². The minimum Gasteiger partial charge on any atom is -0.461 e. The van der Waals surface area contributed by atoms with Crippen molar-refractivity contribution in [1.82, 2.24) is 29.7 Å². The van der Waals surface area contributed by atoms with E-state index in [0.29, 0.717) is 27.8 Å². The first-order chi connectivity index (χ1) is 11.5. The summed E-state index contributed by atoms with van der Waals surface area (Å²) in [5, 5.41) is 9.69. The van der Waals surface area contributed by atoms with Gasteiger partial charge < -0.3 is 13.9 Å². The Kier molecular flexibility index (Phi) is 4.52. The molecule has 8 nitrogen and oxygen atoms in total. The minimum atomic E-state index is 0.212. The van der Waals surface area contributed by atoms with E-state index in [9.17, 15) is 0 Å². The number of hydrogen-bond acceptors (Lipinski definition) is 8. The predicted octanol–water partition coefficient (Wildman–Crippen LogP) is 2.60.